The fourth-order valence-corrected chi connectivity index (χ4v) is 2.47. The summed E-state index contributed by atoms with van der Waals surface area (Å²) in [5.41, 5.74) is 2.78. The normalized spacial score (nSPS) is 16.6. The molecule has 1 heterocycles. The van der Waals surface area contributed by atoms with Crippen LogP contribution >= 0.6 is 23.3 Å². The average Bonchev–Trinajstić information content (AvgIpc) is 2.61. The number of benzene rings is 1. The number of nitrogens with one attached hydrogen (secondary N) is 1. The fourth-order valence-electron chi connectivity index (χ4n) is 1.72. The highest BCUT2D eigenvalue weighted by Gasteiger charge is 2.20. The highest BCUT2D eigenvalue weighted by Crippen LogP contribution is 2.33. The Morgan fingerprint density at radius 3 is 2.93 bits per heavy atom. The number of rotatable bonds is 2. The standard InChI is InChI=1S/C10H10ClN3S/c11-7-4-5-8-10(14-15-13-8)9(7)12-6-2-1-3-6/h4-6,12H,1-3H2. The Balaban J connectivity index is 2.05. The number of hydrogen-bond acceptors (Lipinski definition) is 4. The van der Waals surface area contributed by atoms with Crippen molar-refractivity contribution in [2.45, 2.75) is 25.3 Å². The third-order valence-electron chi connectivity index (χ3n) is 2.83. The predicted molar refractivity (Wildman–Crippen MR) is 63.7 cm³/mol. The summed E-state index contributed by atoms with van der Waals surface area (Å²) >= 11 is 7.39. The van der Waals surface area contributed by atoms with E-state index in [1.54, 1.807) is 0 Å². The number of nitrogens with zero attached hydrogens (tertiary/aromatic N) is 2. The van der Waals surface area contributed by atoms with Crippen molar-refractivity contribution in [3.05, 3.63) is 17.2 Å². The van der Waals surface area contributed by atoms with Gasteiger partial charge in [0.25, 0.3) is 0 Å². The van der Waals surface area contributed by atoms with Gasteiger partial charge in [0, 0.05) is 6.04 Å². The van der Waals surface area contributed by atoms with Gasteiger partial charge >= 0.3 is 0 Å². The Kier molecular flexibility index (Phi) is 2.25. The minimum Gasteiger partial charge on any atom is -0.379 e. The number of hydrogen-bond donors (Lipinski definition) is 1. The van der Waals surface area contributed by atoms with Crippen molar-refractivity contribution in [3.63, 3.8) is 0 Å². The summed E-state index contributed by atoms with van der Waals surface area (Å²) < 4.78 is 8.48. The largest absolute Gasteiger partial charge is 0.379 e. The first-order valence-electron chi connectivity index (χ1n) is 5.02. The second-order valence-electron chi connectivity index (χ2n) is 3.83. The second kappa shape index (κ2) is 3.61. The van der Waals surface area contributed by atoms with Crippen molar-refractivity contribution in [2.75, 3.05) is 5.32 Å². The van der Waals surface area contributed by atoms with Crippen LogP contribution in [0.3, 0.4) is 0 Å². The van der Waals surface area contributed by atoms with Crippen molar-refractivity contribution in [1.29, 1.82) is 0 Å². The molecule has 5 heteroatoms. The van der Waals surface area contributed by atoms with Gasteiger partial charge in [0.05, 0.1) is 22.4 Å². The van der Waals surface area contributed by atoms with Crippen LogP contribution in [-0.2, 0) is 0 Å². The molecule has 1 fully saturated rings. The van der Waals surface area contributed by atoms with Crippen molar-refractivity contribution >= 4 is 40.0 Å². The molecule has 0 unspecified atom stereocenters. The molecule has 1 aliphatic rings. The topological polar surface area (TPSA) is 37.8 Å². The quantitative estimate of drug-likeness (QED) is 0.874. The third kappa shape index (κ3) is 1.58. The highest BCUT2D eigenvalue weighted by atomic mass is 35.5. The van der Waals surface area contributed by atoms with Gasteiger partial charge in [-0.3, -0.25) is 0 Å². The first-order valence-corrected chi connectivity index (χ1v) is 6.13. The molecule has 1 aromatic heterocycles. The lowest BCUT2D eigenvalue weighted by molar-refractivity contribution is 0.446. The molecule has 0 atom stereocenters. The maximum Gasteiger partial charge on any atom is 0.129 e. The minimum absolute atomic E-state index is 0.565. The molecule has 0 amide bonds. The molecule has 0 bridgehead atoms. The first kappa shape index (κ1) is 9.36. The van der Waals surface area contributed by atoms with Gasteiger partial charge in [-0.2, -0.15) is 8.75 Å². The van der Waals surface area contributed by atoms with Gasteiger partial charge < -0.3 is 5.32 Å². The van der Waals surface area contributed by atoms with Gasteiger partial charge in [0.1, 0.15) is 11.0 Å². The molecule has 2 aromatic rings. The van der Waals surface area contributed by atoms with E-state index in [1.807, 2.05) is 12.1 Å². The molecule has 0 aliphatic heterocycles. The van der Waals surface area contributed by atoms with Crippen LogP contribution in [0.15, 0.2) is 12.1 Å². The van der Waals surface area contributed by atoms with E-state index in [1.165, 1.54) is 31.0 Å². The molecule has 0 spiro atoms. The minimum atomic E-state index is 0.565. The van der Waals surface area contributed by atoms with Gasteiger partial charge in [-0.05, 0) is 31.4 Å². The van der Waals surface area contributed by atoms with E-state index in [9.17, 15) is 0 Å². The summed E-state index contributed by atoms with van der Waals surface area (Å²) in [4.78, 5) is 0. The van der Waals surface area contributed by atoms with E-state index in [0.29, 0.717) is 6.04 Å². The molecule has 1 N–H and O–H groups in total. The Morgan fingerprint density at radius 2 is 2.20 bits per heavy atom. The van der Waals surface area contributed by atoms with Crippen molar-refractivity contribution in [2.24, 2.45) is 0 Å². The summed E-state index contributed by atoms with van der Waals surface area (Å²) in [5, 5.41) is 4.19. The zero-order chi connectivity index (χ0) is 10.3. The summed E-state index contributed by atoms with van der Waals surface area (Å²) in [6.07, 6.45) is 3.76. The van der Waals surface area contributed by atoms with Crippen LogP contribution in [-0.4, -0.2) is 14.8 Å². The number of halogens is 1. The maximum atomic E-state index is 6.16. The molecule has 3 rings (SSSR count). The average molecular weight is 240 g/mol. The van der Waals surface area contributed by atoms with Gasteiger partial charge in [-0.1, -0.05) is 11.6 Å². The maximum absolute atomic E-state index is 6.16. The molecular formula is C10H10ClN3S. The molecule has 3 nitrogen and oxygen atoms in total. The van der Waals surface area contributed by atoms with Gasteiger partial charge in [-0.25, -0.2) is 0 Å². The van der Waals surface area contributed by atoms with Crippen LogP contribution in [0.4, 0.5) is 5.69 Å². The van der Waals surface area contributed by atoms with Gasteiger partial charge in [0.2, 0.25) is 0 Å². The fraction of sp³-hybridized carbons (Fsp3) is 0.400. The lowest BCUT2D eigenvalue weighted by atomic mass is 9.93. The number of fused-ring (bicyclic) bond motifs is 1. The molecule has 78 valence electrons. The van der Waals surface area contributed by atoms with Crippen LogP contribution in [0, 0.1) is 0 Å². The van der Waals surface area contributed by atoms with E-state index < -0.39 is 0 Å². The number of aromatic nitrogens is 2. The predicted octanol–water partition coefficient (Wildman–Crippen LogP) is 3.31. The Morgan fingerprint density at radius 1 is 1.33 bits per heavy atom. The molecule has 15 heavy (non-hydrogen) atoms. The Hall–Kier alpha value is -0.870. The SMILES string of the molecule is Clc1ccc2nsnc2c1NC1CCC1. The van der Waals surface area contributed by atoms with E-state index in [-0.39, 0.29) is 0 Å². The highest BCUT2D eigenvalue weighted by molar-refractivity contribution is 7.00. The second-order valence-corrected chi connectivity index (χ2v) is 4.76. The Bertz CT molecular complexity index is 492. The molecule has 0 saturated heterocycles. The summed E-state index contributed by atoms with van der Waals surface area (Å²) in [5.74, 6) is 0. The Labute approximate surface area is 96.8 Å². The molecule has 1 aliphatic carbocycles. The van der Waals surface area contributed by atoms with Gasteiger partial charge in [-0.15, -0.1) is 0 Å². The molecule has 1 aromatic carbocycles. The van der Waals surface area contributed by atoms with E-state index in [0.717, 1.165) is 21.7 Å². The van der Waals surface area contributed by atoms with E-state index >= 15 is 0 Å². The van der Waals surface area contributed by atoms with E-state index in [4.69, 9.17) is 11.6 Å². The van der Waals surface area contributed by atoms with Crippen LogP contribution in [0.25, 0.3) is 11.0 Å². The monoisotopic (exact) mass is 239 g/mol. The lowest BCUT2D eigenvalue weighted by Gasteiger charge is -2.27. The van der Waals surface area contributed by atoms with E-state index in [2.05, 4.69) is 14.1 Å². The first-order chi connectivity index (χ1) is 7.34. The zero-order valence-corrected chi connectivity index (χ0v) is 9.61. The van der Waals surface area contributed by atoms with Crippen molar-refractivity contribution in [1.82, 2.24) is 8.75 Å². The summed E-state index contributed by atoms with van der Waals surface area (Å²) in [6, 6.07) is 4.36. The van der Waals surface area contributed by atoms with Crippen LogP contribution in [0.2, 0.25) is 5.02 Å². The number of anilines is 1. The lowest BCUT2D eigenvalue weighted by Crippen LogP contribution is -2.27. The van der Waals surface area contributed by atoms with Crippen LogP contribution in [0.1, 0.15) is 19.3 Å². The van der Waals surface area contributed by atoms with Gasteiger partial charge in [0.15, 0.2) is 0 Å². The summed E-state index contributed by atoms with van der Waals surface area (Å²) in [7, 11) is 0. The third-order valence-corrected chi connectivity index (χ3v) is 3.69. The van der Waals surface area contributed by atoms with Crippen molar-refractivity contribution < 1.29 is 0 Å². The zero-order valence-electron chi connectivity index (χ0n) is 8.03. The molecule has 0 radical (unpaired) electrons. The molecule has 1 saturated carbocycles. The van der Waals surface area contributed by atoms with Crippen molar-refractivity contribution in [3.8, 4) is 0 Å². The van der Waals surface area contributed by atoms with Crippen LogP contribution in [0.5, 0.6) is 0 Å². The smallest absolute Gasteiger partial charge is 0.129 e. The summed E-state index contributed by atoms with van der Waals surface area (Å²) in [6.45, 7) is 0. The van der Waals surface area contributed by atoms with Crippen LogP contribution < -0.4 is 5.32 Å². The molecular weight excluding hydrogens is 230 g/mol.